The maximum atomic E-state index is 11.8. The van der Waals surface area contributed by atoms with E-state index in [1.165, 1.54) is 0 Å². The van der Waals surface area contributed by atoms with Gasteiger partial charge < -0.3 is 15.0 Å². The number of hydrogen-bond acceptors (Lipinski definition) is 8. The smallest absolute Gasteiger partial charge is 0.254 e. The Balaban J connectivity index is 2.04. The van der Waals surface area contributed by atoms with E-state index in [1.54, 1.807) is 28.8 Å². The summed E-state index contributed by atoms with van der Waals surface area (Å²) >= 11 is 0. The molecular formula is C15H19N7O3. The first-order valence-corrected chi connectivity index (χ1v) is 7.70. The Morgan fingerprint density at radius 2 is 2.20 bits per heavy atom. The van der Waals surface area contributed by atoms with Crippen molar-refractivity contribution in [3.63, 3.8) is 0 Å². The van der Waals surface area contributed by atoms with Crippen LogP contribution in [0.3, 0.4) is 0 Å². The van der Waals surface area contributed by atoms with Crippen molar-refractivity contribution in [3.8, 4) is 0 Å². The second kappa shape index (κ2) is 6.85. The number of ether oxygens (including phenoxy) is 1. The average Bonchev–Trinajstić information content (AvgIpc) is 3.11. The Labute approximate surface area is 143 Å². The Bertz CT molecular complexity index is 856. The number of fused-ring (bicyclic) bond motifs is 1. The second-order valence-electron chi connectivity index (χ2n) is 5.72. The average molecular weight is 345 g/mol. The summed E-state index contributed by atoms with van der Waals surface area (Å²) in [5.74, 6) is 0.324. The number of aromatic nitrogens is 4. The fraction of sp³-hybridized carbons (Fsp3) is 0.400. The lowest BCUT2D eigenvalue weighted by Gasteiger charge is -2.13. The van der Waals surface area contributed by atoms with Gasteiger partial charge in [-0.05, 0) is 6.08 Å². The lowest BCUT2D eigenvalue weighted by atomic mass is 10.1. The quantitative estimate of drug-likeness (QED) is 0.416. The molecule has 0 saturated carbocycles. The third-order valence-corrected chi connectivity index (χ3v) is 3.60. The number of methoxy groups -OCH3 is 1. The minimum absolute atomic E-state index is 0.0563. The predicted molar refractivity (Wildman–Crippen MR) is 91.2 cm³/mol. The predicted octanol–water partition coefficient (Wildman–Crippen LogP) is -0.321. The van der Waals surface area contributed by atoms with E-state index in [4.69, 9.17) is 4.74 Å². The van der Waals surface area contributed by atoms with Crippen molar-refractivity contribution in [1.82, 2.24) is 24.9 Å². The van der Waals surface area contributed by atoms with E-state index >= 15 is 0 Å². The molecule has 0 aromatic carbocycles. The number of carbonyl (C=O) groups excluding carboxylic acids is 2. The van der Waals surface area contributed by atoms with Crippen LogP contribution in [0.5, 0.6) is 0 Å². The highest BCUT2D eigenvalue weighted by molar-refractivity contribution is 6.15. The van der Waals surface area contributed by atoms with Gasteiger partial charge >= 0.3 is 0 Å². The summed E-state index contributed by atoms with van der Waals surface area (Å²) in [4.78, 5) is 33.8. The van der Waals surface area contributed by atoms with Gasteiger partial charge in [0.05, 0.1) is 19.2 Å². The van der Waals surface area contributed by atoms with Gasteiger partial charge in [-0.1, -0.05) is 0 Å². The summed E-state index contributed by atoms with van der Waals surface area (Å²) in [5, 5.41) is 9.70. The Hall–Kier alpha value is -3.01. The van der Waals surface area contributed by atoms with E-state index in [-0.39, 0.29) is 18.2 Å². The van der Waals surface area contributed by atoms with Crippen LogP contribution in [0.15, 0.2) is 11.8 Å². The third kappa shape index (κ3) is 3.43. The molecule has 3 heterocycles. The van der Waals surface area contributed by atoms with Gasteiger partial charge in [-0.2, -0.15) is 19.6 Å². The van der Waals surface area contributed by atoms with E-state index < -0.39 is 0 Å². The monoisotopic (exact) mass is 345 g/mol. The van der Waals surface area contributed by atoms with E-state index in [1.807, 2.05) is 14.1 Å². The summed E-state index contributed by atoms with van der Waals surface area (Å²) < 4.78 is 6.60. The molecule has 0 atom stereocenters. The van der Waals surface area contributed by atoms with Crippen LogP contribution in [0, 0.1) is 0 Å². The number of rotatable bonds is 6. The molecule has 132 valence electrons. The Kier molecular flexibility index (Phi) is 4.61. The summed E-state index contributed by atoms with van der Waals surface area (Å²) in [5.41, 5.74) is 1.57. The van der Waals surface area contributed by atoms with Crippen LogP contribution in [-0.4, -0.2) is 65.8 Å². The van der Waals surface area contributed by atoms with Crippen LogP contribution >= 0.6 is 0 Å². The summed E-state index contributed by atoms with van der Waals surface area (Å²) in [6, 6.07) is 0. The van der Waals surface area contributed by atoms with Gasteiger partial charge in [-0.25, -0.2) is 0 Å². The fourth-order valence-corrected chi connectivity index (χ4v) is 2.37. The van der Waals surface area contributed by atoms with Crippen LogP contribution in [0.1, 0.15) is 12.0 Å². The maximum Gasteiger partial charge on any atom is 0.254 e. The second-order valence-corrected chi connectivity index (χ2v) is 5.72. The minimum Gasteiger partial charge on any atom is -0.383 e. The van der Waals surface area contributed by atoms with E-state index in [2.05, 4.69) is 25.7 Å². The molecule has 0 bridgehead atoms. The van der Waals surface area contributed by atoms with Crippen molar-refractivity contribution in [2.24, 2.45) is 0 Å². The van der Waals surface area contributed by atoms with Crippen LogP contribution < -0.4 is 15.5 Å². The molecular weight excluding hydrogens is 326 g/mol. The van der Waals surface area contributed by atoms with Gasteiger partial charge in [0.15, 0.2) is 5.65 Å². The highest BCUT2D eigenvalue weighted by Gasteiger charge is 2.24. The first-order valence-electron chi connectivity index (χ1n) is 7.70. The van der Waals surface area contributed by atoms with Gasteiger partial charge in [-0.15, -0.1) is 0 Å². The Morgan fingerprint density at radius 3 is 2.84 bits per heavy atom. The molecule has 1 saturated heterocycles. The number of hydrogen-bond donors (Lipinski definition) is 2. The number of imide groups is 1. The van der Waals surface area contributed by atoms with Crippen molar-refractivity contribution < 1.29 is 14.3 Å². The molecule has 1 aliphatic heterocycles. The number of anilines is 2. The molecule has 25 heavy (non-hydrogen) atoms. The molecule has 3 rings (SSSR count). The van der Waals surface area contributed by atoms with Crippen LogP contribution in [-0.2, 0) is 14.3 Å². The minimum atomic E-state index is -0.385. The largest absolute Gasteiger partial charge is 0.383 e. The van der Waals surface area contributed by atoms with Crippen molar-refractivity contribution >= 4 is 35.4 Å². The fourth-order valence-electron chi connectivity index (χ4n) is 2.37. The van der Waals surface area contributed by atoms with E-state index in [0.717, 1.165) is 0 Å². The highest BCUT2D eigenvalue weighted by Crippen LogP contribution is 2.21. The number of amides is 2. The van der Waals surface area contributed by atoms with Crippen LogP contribution in [0.4, 0.5) is 11.9 Å². The lowest BCUT2D eigenvalue weighted by Crippen LogP contribution is -2.19. The maximum absolute atomic E-state index is 11.8. The zero-order valence-corrected chi connectivity index (χ0v) is 14.2. The molecule has 10 nitrogen and oxygen atoms in total. The third-order valence-electron chi connectivity index (χ3n) is 3.60. The van der Waals surface area contributed by atoms with E-state index in [0.29, 0.717) is 41.8 Å². The highest BCUT2D eigenvalue weighted by atomic mass is 16.5. The molecule has 2 aromatic rings. The summed E-state index contributed by atoms with van der Waals surface area (Å²) in [6.07, 6.45) is 3.28. The Morgan fingerprint density at radius 1 is 1.40 bits per heavy atom. The number of nitrogens with one attached hydrogen (secondary N) is 2. The molecule has 0 spiro atoms. The van der Waals surface area contributed by atoms with Crippen molar-refractivity contribution in [1.29, 1.82) is 0 Å². The topological polar surface area (TPSA) is 114 Å². The molecule has 0 aliphatic carbocycles. The van der Waals surface area contributed by atoms with E-state index in [9.17, 15) is 9.59 Å². The molecule has 2 N–H and O–H groups in total. The van der Waals surface area contributed by atoms with Crippen molar-refractivity contribution in [2.75, 3.05) is 44.6 Å². The summed E-state index contributed by atoms with van der Waals surface area (Å²) in [7, 11) is 5.29. The SMILES string of the molecule is COCCNc1nc(N(C)C)nc2c(/C=C3\CC(=O)NC3=O)cnn12. The zero-order chi connectivity index (χ0) is 18.0. The normalized spacial score (nSPS) is 15.9. The summed E-state index contributed by atoms with van der Waals surface area (Å²) in [6.45, 7) is 1.08. The van der Waals surface area contributed by atoms with Gasteiger partial charge in [0.2, 0.25) is 17.8 Å². The first kappa shape index (κ1) is 16.8. The standard InChI is InChI=1S/C15H19N7O3/c1-21(2)15-19-12-10(6-9-7-11(23)18-13(9)24)8-17-22(12)14(20-15)16-4-5-25-3/h6,8H,4-5,7H2,1-3H3,(H,16,19,20)(H,18,23,24)/b9-6+. The number of nitrogens with zero attached hydrogens (tertiary/aromatic N) is 5. The zero-order valence-electron chi connectivity index (χ0n) is 14.2. The van der Waals surface area contributed by atoms with Gasteiger partial charge in [0.25, 0.3) is 5.91 Å². The van der Waals surface area contributed by atoms with Crippen molar-refractivity contribution in [3.05, 3.63) is 17.3 Å². The molecule has 1 aliphatic rings. The number of carbonyl (C=O) groups is 2. The molecule has 2 amide bonds. The van der Waals surface area contributed by atoms with Gasteiger partial charge in [-0.3, -0.25) is 14.9 Å². The van der Waals surface area contributed by atoms with Crippen LogP contribution in [0.2, 0.25) is 0 Å². The molecule has 0 radical (unpaired) electrons. The molecule has 2 aromatic heterocycles. The lowest BCUT2D eigenvalue weighted by molar-refractivity contribution is -0.124. The molecule has 0 unspecified atom stereocenters. The molecule has 1 fully saturated rings. The van der Waals surface area contributed by atoms with Crippen molar-refractivity contribution in [2.45, 2.75) is 6.42 Å². The van der Waals surface area contributed by atoms with Gasteiger partial charge in [0.1, 0.15) is 0 Å². The van der Waals surface area contributed by atoms with Gasteiger partial charge in [0, 0.05) is 38.9 Å². The van der Waals surface area contributed by atoms with Crippen LogP contribution in [0.25, 0.3) is 11.7 Å². The molecule has 10 heteroatoms. The first-order chi connectivity index (χ1) is 12.0.